The van der Waals surface area contributed by atoms with Gasteiger partial charge in [0, 0.05) is 24.1 Å². The fourth-order valence-corrected chi connectivity index (χ4v) is 3.51. The van der Waals surface area contributed by atoms with Crippen LogP contribution in [0.1, 0.15) is 31.4 Å². The Bertz CT molecular complexity index is 673. The van der Waals surface area contributed by atoms with Gasteiger partial charge in [0.15, 0.2) is 10.3 Å². The minimum atomic E-state index is 0.464. The van der Waals surface area contributed by atoms with Gasteiger partial charge in [0.2, 0.25) is 5.95 Å². The average molecular weight is 346 g/mol. The predicted octanol–water partition coefficient (Wildman–Crippen LogP) is 2.96. The molecule has 1 fully saturated rings. The molecule has 23 heavy (non-hydrogen) atoms. The molecule has 2 N–H and O–H groups in total. The Kier molecular flexibility index (Phi) is 5.35. The number of rotatable bonds is 4. The maximum absolute atomic E-state index is 5.36. The van der Waals surface area contributed by atoms with Gasteiger partial charge in [-0.1, -0.05) is 12.8 Å². The van der Waals surface area contributed by atoms with E-state index < -0.39 is 0 Å². The third-order valence-electron chi connectivity index (χ3n) is 3.48. The van der Waals surface area contributed by atoms with E-state index in [0.29, 0.717) is 22.3 Å². The van der Waals surface area contributed by atoms with E-state index in [4.69, 9.17) is 12.2 Å². The molecule has 0 amide bonds. The molecule has 0 atom stereocenters. The second-order valence-corrected chi connectivity index (χ2v) is 6.78. The molecule has 0 saturated heterocycles. The molecule has 1 saturated carbocycles. The summed E-state index contributed by atoms with van der Waals surface area (Å²) in [5.74, 6) is 0.499. The lowest BCUT2D eigenvalue weighted by Gasteiger charge is -2.15. The summed E-state index contributed by atoms with van der Waals surface area (Å²) in [6.07, 6.45) is 8.29. The van der Waals surface area contributed by atoms with Crippen molar-refractivity contribution in [1.29, 1.82) is 0 Å². The van der Waals surface area contributed by atoms with E-state index >= 15 is 0 Å². The number of aromatic nitrogens is 4. The number of anilines is 1. The summed E-state index contributed by atoms with van der Waals surface area (Å²) in [7, 11) is 0. The van der Waals surface area contributed by atoms with Gasteiger partial charge >= 0.3 is 0 Å². The van der Waals surface area contributed by atoms with Gasteiger partial charge in [-0.25, -0.2) is 19.9 Å². The first kappa shape index (κ1) is 16.1. The molecule has 1 aliphatic rings. The van der Waals surface area contributed by atoms with Crippen molar-refractivity contribution in [1.82, 2.24) is 25.3 Å². The van der Waals surface area contributed by atoms with Crippen molar-refractivity contribution >= 4 is 35.0 Å². The van der Waals surface area contributed by atoms with E-state index in [9.17, 15) is 0 Å². The zero-order chi connectivity index (χ0) is 16.1. The summed E-state index contributed by atoms with van der Waals surface area (Å²) in [4.78, 5) is 17.3. The van der Waals surface area contributed by atoms with Gasteiger partial charge in [0.05, 0.1) is 0 Å². The Hall–Kier alpha value is -1.80. The molecule has 0 aromatic carbocycles. The smallest absolute Gasteiger partial charge is 0.230 e. The molecule has 0 aliphatic heterocycles. The molecule has 8 heteroatoms. The maximum atomic E-state index is 5.36. The van der Waals surface area contributed by atoms with E-state index in [0.717, 1.165) is 10.7 Å². The Morgan fingerprint density at radius 1 is 1.22 bits per heavy atom. The fraction of sp³-hybridized carbons (Fsp3) is 0.400. The van der Waals surface area contributed by atoms with Gasteiger partial charge in [0.25, 0.3) is 0 Å². The Balaban J connectivity index is 1.66. The van der Waals surface area contributed by atoms with E-state index in [1.807, 2.05) is 13.0 Å². The highest BCUT2D eigenvalue weighted by Crippen LogP contribution is 2.23. The zero-order valence-corrected chi connectivity index (χ0v) is 14.5. The highest BCUT2D eigenvalue weighted by molar-refractivity contribution is 7.99. The molecule has 2 aromatic heterocycles. The van der Waals surface area contributed by atoms with Crippen molar-refractivity contribution in [3.8, 4) is 0 Å². The third-order valence-corrected chi connectivity index (χ3v) is 4.52. The average Bonchev–Trinajstić information content (AvgIpc) is 3.00. The van der Waals surface area contributed by atoms with E-state index in [1.54, 1.807) is 18.5 Å². The lowest BCUT2D eigenvalue weighted by molar-refractivity contribution is 0.634. The van der Waals surface area contributed by atoms with Crippen molar-refractivity contribution in [2.75, 3.05) is 5.32 Å². The summed E-state index contributed by atoms with van der Waals surface area (Å²) >= 11 is 6.75. The number of nitrogens with one attached hydrogen (secondary N) is 2. The summed E-state index contributed by atoms with van der Waals surface area (Å²) in [5, 5.41) is 8.43. The topological polar surface area (TPSA) is 75.6 Å². The molecule has 0 spiro atoms. The molecule has 0 bridgehead atoms. The lowest BCUT2D eigenvalue weighted by atomic mass is 10.3. The van der Waals surface area contributed by atoms with Gasteiger partial charge in [-0.05, 0) is 55.9 Å². The Morgan fingerprint density at radius 2 is 1.96 bits per heavy atom. The summed E-state index contributed by atoms with van der Waals surface area (Å²) in [6, 6.07) is 4.15. The van der Waals surface area contributed by atoms with E-state index in [1.165, 1.54) is 37.4 Å². The number of hydrogen-bond acceptors (Lipinski definition) is 6. The van der Waals surface area contributed by atoms with Crippen molar-refractivity contribution in [2.45, 2.75) is 48.8 Å². The summed E-state index contributed by atoms with van der Waals surface area (Å²) in [6.45, 7) is 1.93. The lowest BCUT2D eigenvalue weighted by Crippen LogP contribution is -2.36. The second-order valence-electron chi connectivity index (χ2n) is 5.38. The molecule has 2 heterocycles. The Morgan fingerprint density at radius 3 is 2.70 bits per heavy atom. The maximum Gasteiger partial charge on any atom is 0.230 e. The molecule has 3 rings (SSSR count). The van der Waals surface area contributed by atoms with Crippen LogP contribution >= 0.6 is 24.0 Å². The van der Waals surface area contributed by atoms with Crippen LogP contribution in [0, 0.1) is 6.92 Å². The minimum Gasteiger partial charge on any atom is -0.360 e. The monoisotopic (exact) mass is 346 g/mol. The van der Waals surface area contributed by atoms with Crippen molar-refractivity contribution in [2.24, 2.45) is 0 Å². The molecular formula is C15H18N6S2. The van der Waals surface area contributed by atoms with E-state index in [2.05, 4.69) is 30.6 Å². The standard InChI is InChI=1S/C15H18N6S2/c1-10-9-12(23-15-16-7-4-8-17-15)20-13(18-10)21-14(22)19-11-5-2-3-6-11/h4,7-9,11H,2-3,5-6H2,1H3,(H2,18,19,20,21,22). The van der Waals surface area contributed by atoms with Gasteiger partial charge in [-0.2, -0.15) is 0 Å². The number of thiocarbonyl (C=S) groups is 1. The predicted molar refractivity (Wildman–Crippen MR) is 94.5 cm³/mol. The van der Waals surface area contributed by atoms with Gasteiger partial charge in [-0.3, -0.25) is 0 Å². The molecule has 6 nitrogen and oxygen atoms in total. The third kappa shape index (κ3) is 4.84. The highest BCUT2D eigenvalue weighted by atomic mass is 32.2. The van der Waals surface area contributed by atoms with Crippen LogP contribution in [0.25, 0.3) is 0 Å². The first-order valence-corrected chi connectivity index (χ1v) is 8.79. The van der Waals surface area contributed by atoms with Gasteiger partial charge < -0.3 is 10.6 Å². The molecule has 0 radical (unpaired) electrons. The first-order chi connectivity index (χ1) is 11.2. The molecular weight excluding hydrogens is 328 g/mol. The largest absolute Gasteiger partial charge is 0.360 e. The van der Waals surface area contributed by atoms with Gasteiger partial charge in [0.1, 0.15) is 5.03 Å². The van der Waals surface area contributed by atoms with Crippen LogP contribution in [-0.2, 0) is 0 Å². The fourth-order valence-electron chi connectivity index (χ4n) is 2.47. The van der Waals surface area contributed by atoms with Crippen molar-refractivity contribution < 1.29 is 0 Å². The number of nitrogens with zero attached hydrogens (tertiary/aromatic N) is 4. The van der Waals surface area contributed by atoms with E-state index in [-0.39, 0.29) is 0 Å². The van der Waals surface area contributed by atoms with Crippen LogP contribution in [-0.4, -0.2) is 31.1 Å². The van der Waals surface area contributed by atoms with Gasteiger partial charge in [-0.15, -0.1) is 0 Å². The van der Waals surface area contributed by atoms with Crippen LogP contribution in [0.4, 0.5) is 5.95 Å². The highest BCUT2D eigenvalue weighted by Gasteiger charge is 2.16. The molecule has 2 aromatic rings. The SMILES string of the molecule is Cc1cc(Sc2ncccn2)nc(NC(=S)NC2CCCC2)n1. The number of hydrogen-bond donors (Lipinski definition) is 2. The van der Waals surface area contributed by atoms with Crippen molar-refractivity contribution in [3.05, 3.63) is 30.2 Å². The number of aryl methyl sites for hydroxylation is 1. The quantitative estimate of drug-likeness (QED) is 0.497. The van der Waals surface area contributed by atoms with Crippen LogP contribution in [0.2, 0.25) is 0 Å². The van der Waals surface area contributed by atoms with Crippen LogP contribution in [0.15, 0.2) is 34.7 Å². The van der Waals surface area contributed by atoms with Crippen LogP contribution < -0.4 is 10.6 Å². The summed E-state index contributed by atoms with van der Waals surface area (Å²) < 4.78 is 0. The molecule has 120 valence electrons. The Labute approximate surface area is 144 Å². The zero-order valence-electron chi connectivity index (χ0n) is 12.8. The molecule has 1 aliphatic carbocycles. The van der Waals surface area contributed by atoms with Crippen molar-refractivity contribution in [3.63, 3.8) is 0 Å². The second kappa shape index (κ2) is 7.65. The van der Waals surface area contributed by atoms with Crippen LogP contribution in [0.3, 0.4) is 0 Å². The van der Waals surface area contributed by atoms with Crippen LogP contribution in [0.5, 0.6) is 0 Å². The first-order valence-electron chi connectivity index (χ1n) is 7.57. The molecule has 0 unspecified atom stereocenters. The minimum absolute atomic E-state index is 0.464. The summed E-state index contributed by atoms with van der Waals surface area (Å²) in [5.41, 5.74) is 0.865. The normalized spacial score (nSPS) is 14.7.